The minimum absolute atomic E-state index is 0.0686. The molecule has 1 saturated heterocycles. The van der Waals surface area contributed by atoms with Gasteiger partial charge in [-0.1, -0.05) is 6.07 Å². The monoisotopic (exact) mass is 445 g/mol. The van der Waals surface area contributed by atoms with Crippen LogP contribution in [0.3, 0.4) is 0 Å². The molecule has 1 fully saturated rings. The zero-order valence-electron chi connectivity index (χ0n) is 17.8. The van der Waals surface area contributed by atoms with E-state index in [0.29, 0.717) is 23.0 Å². The molecular weight excluding hydrogens is 418 g/mol. The Morgan fingerprint density at radius 2 is 1.84 bits per heavy atom. The molecule has 0 spiro atoms. The molecule has 2 aliphatic rings. The molecule has 0 unspecified atom stereocenters. The Balaban J connectivity index is 1.23. The summed E-state index contributed by atoms with van der Waals surface area (Å²) in [5, 5.41) is 3.59. The summed E-state index contributed by atoms with van der Waals surface area (Å²) >= 11 is 1.26. The van der Waals surface area contributed by atoms with Gasteiger partial charge in [-0.2, -0.15) is 0 Å². The third-order valence-corrected chi connectivity index (χ3v) is 6.45. The maximum absolute atomic E-state index is 12.5. The standard InChI is InChI=1S/C22H27N3O5S/c1-3-28-22(27)21-15(2)10-20(31-21)23-19(26)13-25-8-6-24(7-9-25)12-16-4-5-17-18(11-16)30-14-29-17/h4-5,10-11H,3,6-9,12-14H2,1-2H3,(H,23,26). The minimum Gasteiger partial charge on any atom is -0.462 e. The lowest BCUT2D eigenvalue weighted by atomic mass is 10.1. The number of thiophene rings is 1. The lowest BCUT2D eigenvalue weighted by molar-refractivity contribution is -0.117. The lowest BCUT2D eigenvalue weighted by Gasteiger charge is -2.34. The average Bonchev–Trinajstić information content (AvgIpc) is 3.35. The Hall–Kier alpha value is -2.62. The predicted molar refractivity (Wildman–Crippen MR) is 118 cm³/mol. The molecule has 8 nitrogen and oxygen atoms in total. The fourth-order valence-corrected chi connectivity index (χ4v) is 4.71. The largest absolute Gasteiger partial charge is 0.462 e. The molecule has 0 radical (unpaired) electrons. The summed E-state index contributed by atoms with van der Waals surface area (Å²) in [6.07, 6.45) is 0. The average molecular weight is 446 g/mol. The second-order valence-electron chi connectivity index (χ2n) is 7.63. The van der Waals surface area contributed by atoms with Gasteiger partial charge in [0.15, 0.2) is 11.5 Å². The van der Waals surface area contributed by atoms with E-state index in [1.807, 2.05) is 25.1 Å². The van der Waals surface area contributed by atoms with Gasteiger partial charge in [-0.3, -0.25) is 14.6 Å². The van der Waals surface area contributed by atoms with E-state index in [2.05, 4.69) is 21.2 Å². The van der Waals surface area contributed by atoms with Gasteiger partial charge in [-0.05, 0) is 43.2 Å². The number of hydrogen-bond donors (Lipinski definition) is 1. The molecule has 3 heterocycles. The van der Waals surface area contributed by atoms with E-state index in [9.17, 15) is 9.59 Å². The van der Waals surface area contributed by atoms with Crippen LogP contribution in [0.25, 0.3) is 0 Å². The Morgan fingerprint density at radius 3 is 2.61 bits per heavy atom. The van der Waals surface area contributed by atoms with Crippen LogP contribution in [0.2, 0.25) is 0 Å². The highest BCUT2D eigenvalue weighted by molar-refractivity contribution is 7.18. The molecule has 1 amide bonds. The highest BCUT2D eigenvalue weighted by atomic mass is 32.1. The normalized spacial score (nSPS) is 16.3. The topological polar surface area (TPSA) is 80.3 Å². The molecule has 2 aliphatic heterocycles. The first-order valence-electron chi connectivity index (χ1n) is 10.4. The first kappa shape index (κ1) is 21.6. The Kier molecular flexibility index (Phi) is 6.74. The number of nitrogens with zero attached hydrogens (tertiary/aromatic N) is 2. The highest BCUT2D eigenvalue weighted by Gasteiger charge is 2.21. The fourth-order valence-electron chi connectivity index (χ4n) is 3.73. The van der Waals surface area contributed by atoms with E-state index in [-0.39, 0.29) is 18.7 Å². The summed E-state index contributed by atoms with van der Waals surface area (Å²) in [5.74, 6) is 1.20. The number of amides is 1. The number of nitrogens with one attached hydrogen (secondary N) is 1. The van der Waals surface area contributed by atoms with Crippen molar-refractivity contribution in [1.82, 2.24) is 9.80 Å². The zero-order valence-corrected chi connectivity index (χ0v) is 18.6. The lowest BCUT2D eigenvalue weighted by Crippen LogP contribution is -2.48. The van der Waals surface area contributed by atoms with Gasteiger partial charge in [-0.15, -0.1) is 11.3 Å². The van der Waals surface area contributed by atoms with Gasteiger partial charge in [0.2, 0.25) is 12.7 Å². The fraction of sp³-hybridized carbons (Fsp3) is 0.455. The van der Waals surface area contributed by atoms with Crippen LogP contribution in [-0.2, 0) is 16.1 Å². The first-order chi connectivity index (χ1) is 15.0. The number of esters is 1. The summed E-state index contributed by atoms with van der Waals surface area (Å²) < 4.78 is 15.9. The van der Waals surface area contributed by atoms with E-state index >= 15 is 0 Å². The van der Waals surface area contributed by atoms with Crippen molar-refractivity contribution in [2.45, 2.75) is 20.4 Å². The van der Waals surface area contributed by atoms with Crippen LogP contribution in [-0.4, -0.2) is 67.8 Å². The molecule has 0 saturated carbocycles. The maximum Gasteiger partial charge on any atom is 0.348 e. The third-order valence-electron chi connectivity index (χ3n) is 5.32. The summed E-state index contributed by atoms with van der Waals surface area (Å²) in [7, 11) is 0. The van der Waals surface area contributed by atoms with Crippen molar-refractivity contribution in [3.63, 3.8) is 0 Å². The van der Waals surface area contributed by atoms with Gasteiger partial charge in [-0.25, -0.2) is 4.79 Å². The number of anilines is 1. The molecular formula is C22H27N3O5S. The maximum atomic E-state index is 12.5. The number of benzene rings is 1. The molecule has 1 aromatic heterocycles. The van der Waals surface area contributed by atoms with E-state index in [0.717, 1.165) is 49.8 Å². The Morgan fingerprint density at radius 1 is 1.10 bits per heavy atom. The number of carbonyl (C=O) groups is 2. The summed E-state index contributed by atoms with van der Waals surface area (Å²) in [5.41, 5.74) is 2.01. The quantitative estimate of drug-likeness (QED) is 0.657. The number of carbonyl (C=O) groups excluding carboxylic acids is 2. The van der Waals surface area contributed by atoms with E-state index in [1.54, 1.807) is 6.92 Å². The second-order valence-corrected chi connectivity index (χ2v) is 8.68. The van der Waals surface area contributed by atoms with Crippen LogP contribution >= 0.6 is 11.3 Å². The number of hydrogen-bond acceptors (Lipinski definition) is 8. The molecule has 9 heteroatoms. The minimum atomic E-state index is -0.343. The van der Waals surface area contributed by atoms with E-state index in [1.165, 1.54) is 16.9 Å². The Labute approximate surface area is 185 Å². The van der Waals surface area contributed by atoms with Crippen molar-refractivity contribution < 1.29 is 23.8 Å². The predicted octanol–water partition coefficient (Wildman–Crippen LogP) is 2.72. The number of piperazine rings is 1. The first-order valence-corrected chi connectivity index (χ1v) is 11.2. The molecule has 2 aromatic rings. The van der Waals surface area contributed by atoms with Gasteiger partial charge in [0.1, 0.15) is 4.88 Å². The molecule has 0 aliphatic carbocycles. The second kappa shape index (κ2) is 9.67. The van der Waals surface area contributed by atoms with Crippen LogP contribution in [0.4, 0.5) is 5.00 Å². The van der Waals surface area contributed by atoms with Crippen molar-refractivity contribution in [3.8, 4) is 11.5 Å². The number of rotatable bonds is 7. The van der Waals surface area contributed by atoms with Crippen molar-refractivity contribution in [2.75, 3.05) is 51.4 Å². The molecule has 166 valence electrons. The number of aryl methyl sites for hydroxylation is 1. The molecule has 0 atom stereocenters. The highest BCUT2D eigenvalue weighted by Crippen LogP contribution is 2.33. The molecule has 4 rings (SSSR count). The molecule has 31 heavy (non-hydrogen) atoms. The third kappa shape index (κ3) is 5.36. The van der Waals surface area contributed by atoms with Gasteiger partial charge >= 0.3 is 5.97 Å². The Bertz CT molecular complexity index is 953. The van der Waals surface area contributed by atoms with E-state index in [4.69, 9.17) is 14.2 Å². The van der Waals surface area contributed by atoms with Crippen LogP contribution in [0.1, 0.15) is 27.7 Å². The van der Waals surface area contributed by atoms with Crippen LogP contribution < -0.4 is 14.8 Å². The van der Waals surface area contributed by atoms with Gasteiger partial charge in [0.25, 0.3) is 0 Å². The van der Waals surface area contributed by atoms with Gasteiger partial charge in [0.05, 0.1) is 18.2 Å². The van der Waals surface area contributed by atoms with Crippen molar-refractivity contribution >= 4 is 28.2 Å². The molecule has 0 bridgehead atoms. The van der Waals surface area contributed by atoms with Crippen molar-refractivity contribution in [3.05, 3.63) is 40.3 Å². The van der Waals surface area contributed by atoms with Crippen LogP contribution in [0.15, 0.2) is 24.3 Å². The summed E-state index contributed by atoms with van der Waals surface area (Å²) in [4.78, 5) is 29.5. The zero-order chi connectivity index (χ0) is 21.8. The van der Waals surface area contributed by atoms with Gasteiger partial charge < -0.3 is 19.5 Å². The number of fused-ring (bicyclic) bond motifs is 1. The smallest absolute Gasteiger partial charge is 0.348 e. The summed E-state index contributed by atoms with van der Waals surface area (Å²) in [6, 6.07) is 7.88. The van der Waals surface area contributed by atoms with Crippen LogP contribution in [0, 0.1) is 6.92 Å². The molecule has 1 aromatic carbocycles. The van der Waals surface area contributed by atoms with Crippen molar-refractivity contribution in [2.24, 2.45) is 0 Å². The van der Waals surface area contributed by atoms with E-state index < -0.39 is 0 Å². The van der Waals surface area contributed by atoms with Crippen LogP contribution in [0.5, 0.6) is 11.5 Å². The SMILES string of the molecule is CCOC(=O)c1sc(NC(=O)CN2CCN(Cc3ccc4c(c3)OCO4)CC2)cc1C. The van der Waals surface area contributed by atoms with Gasteiger partial charge in [0, 0.05) is 32.7 Å². The number of ether oxygens (including phenoxy) is 3. The van der Waals surface area contributed by atoms with Crippen molar-refractivity contribution in [1.29, 1.82) is 0 Å². The molecule has 1 N–H and O–H groups in total. The summed E-state index contributed by atoms with van der Waals surface area (Å²) in [6.45, 7) is 8.87.